The van der Waals surface area contributed by atoms with Crippen molar-refractivity contribution < 1.29 is 5.11 Å². The maximum absolute atomic E-state index is 9.54. The Hall–Kier alpha value is 0.499. The van der Waals surface area contributed by atoms with Gasteiger partial charge in [0, 0.05) is 0 Å². The molecule has 0 saturated carbocycles. The number of rotatable bonds is 11. The van der Waals surface area contributed by atoms with Gasteiger partial charge >= 0.3 is 119 Å². The summed E-state index contributed by atoms with van der Waals surface area (Å²) < 4.78 is 7.03. The zero-order valence-electron chi connectivity index (χ0n) is 13.0. The van der Waals surface area contributed by atoms with Gasteiger partial charge in [-0.3, -0.25) is 0 Å². The third-order valence-electron chi connectivity index (χ3n) is 3.81. The summed E-state index contributed by atoms with van der Waals surface area (Å²) in [6.45, 7) is 8.78. The van der Waals surface area contributed by atoms with Crippen molar-refractivity contribution in [3.8, 4) is 0 Å². The van der Waals surface area contributed by atoms with E-state index in [1.54, 1.807) is 0 Å². The predicted molar refractivity (Wildman–Crippen MR) is 85.7 cm³/mol. The van der Waals surface area contributed by atoms with Gasteiger partial charge in [-0.25, -0.2) is 0 Å². The second kappa shape index (κ2) is 11.3. The summed E-state index contributed by atoms with van der Waals surface area (Å²) in [4.78, 5) is 0. The SMILES string of the molecule is CCC[CH2][Sn](/[CH]=C/[C@@H](C)O)([CH2]CCC)[CH2]CCC. The van der Waals surface area contributed by atoms with Crippen LogP contribution in [0, 0.1) is 0 Å². The van der Waals surface area contributed by atoms with Crippen molar-refractivity contribution in [3.63, 3.8) is 0 Å². The van der Waals surface area contributed by atoms with Gasteiger partial charge in [0.15, 0.2) is 0 Å². The van der Waals surface area contributed by atoms with Gasteiger partial charge in [-0.15, -0.1) is 0 Å². The summed E-state index contributed by atoms with van der Waals surface area (Å²) in [6, 6.07) is 0. The van der Waals surface area contributed by atoms with E-state index in [2.05, 4.69) is 30.9 Å². The molecule has 0 aromatic carbocycles. The maximum atomic E-state index is 9.54. The van der Waals surface area contributed by atoms with Crippen molar-refractivity contribution in [1.29, 1.82) is 0 Å². The van der Waals surface area contributed by atoms with Crippen molar-refractivity contribution in [1.82, 2.24) is 0 Å². The molecule has 0 fully saturated rings. The Morgan fingerprint density at radius 1 is 0.889 bits per heavy atom. The van der Waals surface area contributed by atoms with E-state index >= 15 is 0 Å². The molecular formula is C16H34OSn. The first-order valence-corrected chi connectivity index (χ1v) is 15.7. The summed E-state index contributed by atoms with van der Waals surface area (Å²) >= 11 is -2.09. The molecule has 0 aromatic rings. The Morgan fingerprint density at radius 3 is 1.56 bits per heavy atom. The van der Waals surface area contributed by atoms with Crippen LogP contribution >= 0.6 is 0 Å². The zero-order valence-corrected chi connectivity index (χ0v) is 15.9. The molecule has 0 unspecified atom stereocenters. The quantitative estimate of drug-likeness (QED) is 0.495. The van der Waals surface area contributed by atoms with E-state index in [9.17, 15) is 5.11 Å². The topological polar surface area (TPSA) is 20.2 Å². The molecule has 0 aliphatic rings. The summed E-state index contributed by atoms with van der Waals surface area (Å²) in [5, 5.41) is 9.54. The van der Waals surface area contributed by atoms with Crippen molar-refractivity contribution in [2.45, 2.75) is 85.6 Å². The molecule has 0 aliphatic carbocycles. The van der Waals surface area contributed by atoms with Gasteiger partial charge in [0.25, 0.3) is 0 Å². The van der Waals surface area contributed by atoms with Gasteiger partial charge in [-0.1, -0.05) is 0 Å². The zero-order chi connectivity index (χ0) is 13.9. The number of aliphatic hydroxyl groups excluding tert-OH is 1. The monoisotopic (exact) mass is 362 g/mol. The van der Waals surface area contributed by atoms with Crippen LogP contribution in [0.4, 0.5) is 0 Å². The summed E-state index contributed by atoms with van der Waals surface area (Å²) in [5.74, 6) is 0. The normalized spacial score (nSPS) is 14.3. The van der Waals surface area contributed by atoms with Crippen LogP contribution in [0.5, 0.6) is 0 Å². The molecule has 1 atom stereocenters. The summed E-state index contributed by atoms with van der Waals surface area (Å²) in [6.07, 6.45) is 9.98. The van der Waals surface area contributed by atoms with E-state index < -0.39 is 18.4 Å². The molecule has 0 saturated heterocycles. The Labute approximate surface area is 119 Å². The standard InChI is InChI=1S/C4H7O.3C4H9.Sn/c1-3-4(2)5;3*1-3-4-2;/h1,3-5H,2H3;3*1,3-4H2,2H3;/t4-;;;;/m1..../s1. The molecule has 0 bridgehead atoms. The molecule has 0 aliphatic heterocycles. The van der Waals surface area contributed by atoms with Gasteiger partial charge in [0.1, 0.15) is 0 Å². The molecule has 2 heteroatoms. The summed E-state index contributed by atoms with van der Waals surface area (Å²) in [7, 11) is 0. The fraction of sp³-hybridized carbons (Fsp3) is 0.875. The molecule has 0 amide bonds. The van der Waals surface area contributed by atoms with Crippen molar-refractivity contribution >= 4 is 18.4 Å². The molecule has 1 N–H and O–H groups in total. The second-order valence-corrected chi connectivity index (χ2v) is 18.8. The first kappa shape index (κ1) is 18.5. The molecule has 0 radical (unpaired) electrons. The van der Waals surface area contributed by atoms with Crippen LogP contribution in [0.2, 0.25) is 13.3 Å². The summed E-state index contributed by atoms with van der Waals surface area (Å²) in [5.41, 5.74) is 0. The van der Waals surface area contributed by atoms with E-state index in [1.807, 2.05) is 6.92 Å². The van der Waals surface area contributed by atoms with Crippen LogP contribution in [0.1, 0.15) is 66.2 Å². The Balaban J connectivity index is 4.72. The molecule has 0 aromatic heterocycles. The van der Waals surface area contributed by atoms with Crippen molar-refractivity contribution in [2.75, 3.05) is 0 Å². The average molecular weight is 361 g/mol. The van der Waals surface area contributed by atoms with Gasteiger partial charge in [-0.2, -0.15) is 0 Å². The van der Waals surface area contributed by atoms with Gasteiger partial charge in [0.05, 0.1) is 0 Å². The van der Waals surface area contributed by atoms with Crippen LogP contribution in [-0.2, 0) is 0 Å². The fourth-order valence-electron chi connectivity index (χ4n) is 2.55. The van der Waals surface area contributed by atoms with Crippen LogP contribution < -0.4 is 0 Å². The molecule has 0 heterocycles. The predicted octanol–water partition coefficient (Wildman–Crippen LogP) is 5.31. The minimum atomic E-state index is -2.09. The first-order chi connectivity index (χ1) is 8.60. The Kier molecular flexibility index (Phi) is 11.6. The number of aliphatic hydroxyl groups is 1. The van der Waals surface area contributed by atoms with Gasteiger partial charge in [-0.05, 0) is 0 Å². The molecule has 1 nitrogen and oxygen atoms in total. The third-order valence-corrected chi connectivity index (χ3v) is 17.9. The fourth-order valence-corrected chi connectivity index (χ4v) is 17.1. The van der Waals surface area contributed by atoms with Gasteiger partial charge < -0.3 is 0 Å². The van der Waals surface area contributed by atoms with Crippen LogP contribution in [0.25, 0.3) is 0 Å². The second-order valence-electron chi connectivity index (χ2n) is 5.77. The van der Waals surface area contributed by atoms with Crippen molar-refractivity contribution in [3.05, 3.63) is 10.2 Å². The van der Waals surface area contributed by atoms with Gasteiger partial charge in [0.2, 0.25) is 0 Å². The first-order valence-electron chi connectivity index (χ1n) is 7.97. The van der Waals surface area contributed by atoms with Crippen LogP contribution in [-0.4, -0.2) is 29.6 Å². The molecule has 18 heavy (non-hydrogen) atoms. The molecule has 0 rings (SSSR count). The molecule has 0 spiro atoms. The Bertz CT molecular complexity index is 189. The van der Waals surface area contributed by atoms with Crippen molar-refractivity contribution in [2.24, 2.45) is 0 Å². The number of unbranched alkanes of at least 4 members (excludes halogenated alkanes) is 3. The molecular weight excluding hydrogens is 327 g/mol. The van der Waals surface area contributed by atoms with E-state index in [-0.39, 0.29) is 6.10 Å². The third kappa shape index (κ3) is 8.57. The minimum absolute atomic E-state index is 0.258. The van der Waals surface area contributed by atoms with E-state index in [1.165, 1.54) is 51.8 Å². The number of hydrogen-bond acceptors (Lipinski definition) is 1. The van der Waals surface area contributed by atoms with E-state index in [0.29, 0.717) is 0 Å². The van der Waals surface area contributed by atoms with E-state index in [0.717, 1.165) is 0 Å². The molecule has 108 valence electrons. The van der Waals surface area contributed by atoms with Crippen LogP contribution in [0.3, 0.4) is 0 Å². The Morgan fingerprint density at radius 2 is 1.28 bits per heavy atom. The number of hydrogen-bond donors (Lipinski definition) is 1. The van der Waals surface area contributed by atoms with E-state index in [4.69, 9.17) is 0 Å². The van der Waals surface area contributed by atoms with Crippen LogP contribution in [0.15, 0.2) is 10.2 Å². The average Bonchev–Trinajstić information content (AvgIpc) is 2.37.